The van der Waals surface area contributed by atoms with Crippen LogP contribution in [0.15, 0.2) is 48.5 Å². The number of amides is 2. The Balaban J connectivity index is 1.26. The van der Waals surface area contributed by atoms with Crippen molar-refractivity contribution >= 4 is 28.8 Å². The summed E-state index contributed by atoms with van der Waals surface area (Å²) >= 11 is 1.24. The molecule has 1 saturated heterocycles. The molecule has 2 amide bonds. The third kappa shape index (κ3) is 5.54. The highest BCUT2D eigenvalue weighted by Gasteiger charge is 2.23. The van der Waals surface area contributed by atoms with Crippen LogP contribution in [-0.4, -0.2) is 58.0 Å². The Labute approximate surface area is 189 Å². The van der Waals surface area contributed by atoms with Crippen molar-refractivity contribution in [2.45, 2.75) is 19.9 Å². The highest BCUT2D eigenvalue weighted by atomic mass is 32.1. The number of hydrogen-bond acceptors (Lipinski definition) is 6. The van der Waals surface area contributed by atoms with Gasteiger partial charge in [-0.1, -0.05) is 35.6 Å². The van der Waals surface area contributed by atoms with Crippen LogP contribution in [0.1, 0.15) is 25.9 Å². The van der Waals surface area contributed by atoms with Crippen molar-refractivity contribution in [1.29, 1.82) is 0 Å². The Kier molecular flexibility index (Phi) is 6.87. The lowest BCUT2D eigenvalue weighted by Crippen LogP contribution is -2.48. The number of piperazine rings is 1. The van der Waals surface area contributed by atoms with Gasteiger partial charge in [0, 0.05) is 31.9 Å². The van der Waals surface area contributed by atoms with E-state index in [1.54, 1.807) is 0 Å². The minimum atomic E-state index is -0.369. The van der Waals surface area contributed by atoms with Gasteiger partial charge in [-0.2, -0.15) is 0 Å². The first kappa shape index (κ1) is 22.0. The number of nitrogens with zero attached hydrogens (tertiary/aromatic N) is 4. The van der Waals surface area contributed by atoms with E-state index in [0.717, 1.165) is 29.2 Å². The highest BCUT2D eigenvalue weighted by Crippen LogP contribution is 2.17. The van der Waals surface area contributed by atoms with Crippen LogP contribution >= 0.6 is 11.3 Å². The number of benzene rings is 2. The molecule has 1 N–H and O–H groups in total. The van der Waals surface area contributed by atoms with Crippen LogP contribution in [0.25, 0.3) is 0 Å². The first-order valence-electron chi connectivity index (χ1n) is 10.4. The van der Waals surface area contributed by atoms with E-state index in [1.807, 2.05) is 36.1 Å². The van der Waals surface area contributed by atoms with Gasteiger partial charge in [-0.25, -0.2) is 4.39 Å². The van der Waals surface area contributed by atoms with E-state index in [4.69, 9.17) is 0 Å². The highest BCUT2D eigenvalue weighted by molar-refractivity contribution is 7.13. The predicted molar refractivity (Wildman–Crippen MR) is 121 cm³/mol. The van der Waals surface area contributed by atoms with Gasteiger partial charge in [0.1, 0.15) is 10.8 Å². The van der Waals surface area contributed by atoms with Gasteiger partial charge in [-0.15, -0.1) is 10.2 Å². The van der Waals surface area contributed by atoms with Crippen LogP contribution in [0.2, 0.25) is 0 Å². The zero-order valence-electron chi connectivity index (χ0n) is 17.8. The summed E-state index contributed by atoms with van der Waals surface area (Å²) < 4.78 is 13.0. The van der Waals surface area contributed by atoms with Crippen molar-refractivity contribution in [3.05, 3.63) is 75.5 Å². The van der Waals surface area contributed by atoms with Crippen molar-refractivity contribution in [2.24, 2.45) is 0 Å². The molecule has 0 aliphatic carbocycles. The van der Waals surface area contributed by atoms with E-state index in [1.165, 1.54) is 35.6 Å². The fourth-order valence-corrected chi connectivity index (χ4v) is 4.33. The number of anilines is 1. The molecular weight excluding hydrogens is 429 g/mol. The second-order valence-corrected chi connectivity index (χ2v) is 8.78. The molecular formula is C23H24FN5O2S. The molecule has 0 spiro atoms. The Morgan fingerprint density at radius 2 is 1.75 bits per heavy atom. The van der Waals surface area contributed by atoms with Crippen LogP contribution in [-0.2, 0) is 17.8 Å². The van der Waals surface area contributed by atoms with Crippen molar-refractivity contribution in [3.8, 4) is 0 Å². The molecule has 1 fully saturated rings. The maximum atomic E-state index is 13.0. The van der Waals surface area contributed by atoms with Crippen LogP contribution in [0.5, 0.6) is 0 Å². The molecule has 0 bridgehead atoms. The molecule has 4 rings (SSSR count). The average Bonchev–Trinajstić information content (AvgIpc) is 3.26. The number of rotatable bonds is 6. The molecule has 1 aromatic heterocycles. The van der Waals surface area contributed by atoms with Gasteiger partial charge in [0.25, 0.3) is 5.91 Å². The van der Waals surface area contributed by atoms with Crippen molar-refractivity contribution < 1.29 is 14.0 Å². The van der Waals surface area contributed by atoms with Crippen LogP contribution in [0.4, 0.5) is 10.1 Å². The van der Waals surface area contributed by atoms with Crippen molar-refractivity contribution in [1.82, 2.24) is 20.0 Å². The Bertz CT molecular complexity index is 1090. The van der Waals surface area contributed by atoms with Crippen molar-refractivity contribution in [2.75, 3.05) is 31.5 Å². The van der Waals surface area contributed by atoms with Gasteiger partial charge in [0.05, 0.1) is 13.0 Å². The summed E-state index contributed by atoms with van der Waals surface area (Å²) in [5.74, 6) is -0.584. The minimum absolute atomic E-state index is 0.148. The van der Waals surface area contributed by atoms with Crippen LogP contribution < -0.4 is 5.32 Å². The van der Waals surface area contributed by atoms with E-state index >= 15 is 0 Å². The maximum Gasteiger partial charge on any atom is 0.286 e. The molecule has 0 atom stereocenters. The molecule has 166 valence electrons. The van der Waals surface area contributed by atoms with E-state index in [2.05, 4.69) is 20.4 Å². The zero-order valence-corrected chi connectivity index (χ0v) is 18.6. The Morgan fingerprint density at radius 1 is 1.03 bits per heavy atom. The summed E-state index contributed by atoms with van der Waals surface area (Å²) in [5.41, 5.74) is 2.70. The second kappa shape index (κ2) is 9.97. The number of nitrogens with one attached hydrogen (secondary N) is 1. The Morgan fingerprint density at radius 3 is 2.47 bits per heavy atom. The zero-order chi connectivity index (χ0) is 22.5. The first-order chi connectivity index (χ1) is 15.5. The predicted octanol–water partition coefficient (Wildman–Crippen LogP) is 3.12. The lowest BCUT2D eigenvalue weighted by molar-refractivity contribution is -0.132. The molecule has 1 aliphatic rings. The van der Waals surface area contributed by atoms with Crippen molar-refractivity contribution in [3.63, 3.8) is 0 Å². The molecule has 9 heteroatoms. The third-order valence-corrected chi connectivity index (χ3v) is 6.36. The number of carbonyl (C=O) groups is 2. The van der Waals surface area contributed by atoms with E-state index < -0.39 is 0 Å². The fraction of sp³-hybridized carbons (Fsp3) is 0.304. The molecule has 7 nitrogen and oxygen atoms in total. The number of halogens is 1. The van der Waals surface area contributed by atoms with E-state index in [-0.39, 0.29) is 22.6 Å². The molecule has 0 radical (unpaired) electrons. The van der Waals surface area contributed by atoms with Crippen LogP contribution in [0.3, 0.4) is 0 Å². The molecule has 32 heavy (non-hydrogen) atoms. The maximum absolute atomic E-state index is 13.0. The summed E-state index contributed by atoms with van der Waals surface area (Å²) in [6, 6.07) is 13.5. The molecule has 2 aromatic carbocycles. The minimum Gasteiger partial charge on any atom is -0.340 e. The number of hydrogen-bond donors (Lipinski definition) is 1. The smallest absolute Gasteiger partial charge is 0.286 e. The van der Waals surface area contributed by atoms with Gasteiger partial charge >= 0.3 is 0 Å². The monoisotopic (exact) mass is 453 g/mol. The summed E-state index contributed by atoms with van der Waals surface area (Å²) in [5, 5.41) is 11.8. The summed E-state index contributed by atoms with van der Waals surface area (Å²) in [7, 11) is 0. The van der Waals surface area contributed by atoms with Gasteiger partial charge in [0.15, 0.2) is 0 Å². The lowest BCUT2D eigenvalue weighted by Gasteiger charge is -2.34. The quantitative estimate of drug-likeness (QED) is 0.621. The molecule has 0 saturated carbocycles. The summed E-state index contributed by atoms with van der Waals surface area (Å²) in [6.07, 6.45) is 0.426. The van der Waals surface area contributed by atoms with E-state index in [9.17, 15) is 14.0 Å². The topological polar surface area (TPSA) is 78.4 Å². The molecule has 3 aromatic rings. The summed E-state index contributed by atoms with van der Waals surface area (Å²) in [6.45, 7) is 5.44. The number of aryl methyl sites for hydroxylation is 1. The average molecular weight is 454 g/mol. The summed E-state index contributed by atoms with van der Waals surface area (Å²) in [4.78, 5) is 29.1. The molecule has 0 unspecified atom stereocenters. The van der Waals surface area contributed by atoms with Crippen LogP contribution in [0, 0.1) is 12.7 Å². The normalized spacial score (nSPS) is 14.4. The second-order valence-electron chi connectivity index (χ2n) is 7.72. The Hall–Kier alpha value is -3.17. The molecule has 2 heterocycles. The number of aromatic nitrogens is 2. The first-order valence-corrected chi connectivity index (χ1v) is 11.2. The molecule has 1 aliphatic heterocycles. The SMILES string of the molecule is Cc1ccccc1CC(=O)N1CCN(Cc2nnc(C(=O)Nc3ccc(F)cc3)s2)CC1. The van der Waals surface area contributed by atoms with Gasteiger partial charge < -0.3 is 10.2 Å². The third-order valence-electron chi connectivity index (χ3n) is 5.45. The largest absolute Gasteiger partial charge is 0.340 e. The standard InChI is InChI=1S/C23H24FN5O2S/c1-16-4-2-3-5-17(16)14-21(30)29-12-10-28(11-13-29)15-20-26-27-23(32-20)22(31)25-19-8-6-18(24)7-9-19/h2-9H,10-15H2,1H3,(H,25,31). The number of carbonyl (C=O) groups excluding carboxylic acids is 2. The fourth-order valence-electron chi connectivity index (χ4n) is 3.56. The van der Waals surface area contributed by atoms with Gasteiger partial charge in [-0.3, -0.25) is 14.5 Å². The van der Waals surface area contributed by atoms with E-state index in [0.29, 0.717) is 31.7 Å². The van der Waals surface area contributed by atoms with Gasteiger partial charge in [0.2, 0.25) is 10.9 Å². The van der Waals surface area contributed by atoms with Gasteiger partial charge in [-0.05, 0) is 42.3 Å². The lowest BCUT2D eigenvalue weighted by atomic mass is 10.1.